The zero-order valence-corrected chi connectivity index (χ0v) is 17.3. The van der Waals surface area contributed by atoms with Crippen LogP contribution in [-0.4, -0.2) is 26.0 Å². The fraction of sp³-hybridized carbons (Fsp3) is 0.100. The van der Waals surface area contributed by atoms with Crippen LogP contribution >= 0.6 is 34.9 Å². The zero-order chi connectivity index (χ0) is 20.2. The standard InChI is InChI=1S/C20H14ClFN4OS2/c21-14-5-3-13(4-6-14)17-18-19(29-26-17)20(25-11-24-18)28-10-16(27)23-9-12-1-7-15(22)8-2-12/h1-8,11H,9-10H2,(H,23,27). The van der Waals surface area contributed by atoms with Gasteiger partial charge in [0.2, 0.25) is 5.91 Å². The maximum absolute atomic E-state index is 12.9. The monoisotopic (exact) mass is 444 g/mol. The summed E-state index contributed by atoms with van der Waals surface area (Å²) < 4.78 is 18.3. The van der Waals surface area contributed by atoms with E-state index in [0.29, 0.717) is 16.6 Å². The number of amides is 1. The average molecular weight is 445 g/mol. The van der Waals surface area contributed by atoms with Crippen LogP contribution < -0.4 is 5.32 Å². The fourth-order valence-electron chi connectivity index (χ4n) is 2.63. The van der Waals surface area contributed by atoms with Gasteiger partial charge in [-0.2, -0.15) is 4.37 Å². The first kappa shape index (κ1) is 19.8. The molecule has 0 fully saturated rings. The van der Waals surface area contributed by atoms with Gasteiger partial charge in [-0.15, -0.1) is 0 Å². The topological polar surface area (TPSA) is 67.8 Å². The Labute approximate surface area is 179 Å². The summed E-state index contributed by atoms with van der Waals surface area (Å²) in [6, 6.07) is 13.4. The van der Waals surface area contributed by atoms with E-state index in [1.54, 1.807) is 12.1 Å². The largest absolute Gasteiger partial charge is 0.351 e. The summed E-state index contributed by atoms with van der Waals surface area (Å²) in [5.74, 6) is -0.221. The molecule has 0 unspecified atom stereocenters. The molecule has 0 aliphatic rings. The minimum absolute atomic E-state index is 0.131. The third kappa shape index (κ3) is 4.72. The number of thioether (sulfide) groups is 1. The summed E-state index contributed by atoms with van der Waals surface area (Å²) in [7, 11) is 0. The van der Waals surface area contributed by atoms with E-state index in [4.69, 9.17) is 11.6 Å². The molecule has 146 valence electrons. The predicted octanol–water partition coefficient (Wildman–Crippen LogP) is 4.95. The van der Waals surface area contributed by atoms with Gasteiger partial charge in [-0.05, 0) is 41.4 Å². The number of benzene rings is 2. The van der Waals surface area contributed by atoms with Gasteiger partial charge in [-0.25, -0.2) is 14.4 Å². The van der Waals surface area contributed by atoms with E-state index in [9.17, 15) is 9.18 Å². The maximum atomic E-state index is 12.9. The first-order valence-electron chi connectivity index (χ1n) is 8.60. The van der Waals surface area contributed by atoms with E-state index < -0.39 is 0 Å². The highest BCUT2D eigenvalue weighted by Crippen LogP contribution is 2.34. The molecule has 0 aliphatic heterocycles. The number of carbonyl (C=O) groups is 1. The molecule has 2 aromatic heterocycles. The van der Waals surface area contributed by atoms with Crippen molar-refractivity contribution in [3.05, 3.63) is 71.3 Å². The molecule has 5 nitrogen and oxygen atoms in total. The molecule has 2 heterocycles. The normalized spacial score (nSPS) is 11.0. The Balaban J connectivity index is 1.43. The molecule has 29 heavy (non-hydrogen) atoms. The van der Waals surface area contributed by atoms with Crippen molar-refractivity contribution in [2.45, 2.75) is 11.6 Å². The lowest BCUT2D eigenvalue weighted by Gasteiger charge is -2.05. The van der Waals surface area contributed by atoms with Crippen LogP contribution in [0.5, 0.6) is 0 Å². The number of hydrogen-bond acceptors (Lipinski definition) is 6. The van der Waals surface area contributed by atoms with Crippen LogP contribution in [0.2, 0.25) is 5.02 Å². The zero-order valence-electron chi connectivity index (χ0n) is 14.9. The van der Waals surface area contributed by atoms with E-state index in [2.05, 4.69) is 19.7 Å². The Morgan fingerprint density at radius 1 is 1.10 bits per heavy atom. The van der Waals surface area contributed by atoms with Gasteiger partial charge in [-0.1, -0.05) is 47.6 Å². The third-order valence-corrected chi connectivity index (χ3v) is 6.30. The molecule has 0 bridgehead atoms. The lowest BCUT2D eigenvalue weighted by Crippen LogP contribution is -2.24. The summed E-state index contributed by atoms with van der Waals surface area (Å²) >= 11 is 8.60. The van der Waals surface area contributed by atoms with Gasteiger partial charge in [0.15, 0.2) is 0 Å². The van der Waals surface area contributed by atoms with Crippen LogP contribution in [0.3, 0.4) is 0 Å². The van der Waals surface area contributed by atoms with Gasteiger partial charge in [0.1, 0.15) is 33.1 Å². The van der Waals surface area contributed by atoms with Crippen molar-refractivity contribution < 1.29 is 9.18 Å². The van der Waals surface area contributed by atoms with E-state index in [-0.39, 0.29) is 17.5 Å². The highest BCUT2D eigenvalue weighted by molar-refractivity contribution is 8.00. The molecular formula is C20H14ClFN4OS2. The van der Waals surface area contributed by atoms with Crippen LogP contribution in [0.25, 0.3) is 21.5 Å². The number of aromatic nitrogens is 3. The lowest BCUT2D eigenvalue weighted by atomic mass is 10.1. The predicted molar refractivity (Wildman–Crippen MR) is 115 cm³/mol. The Morgan fingerprint density at radius 2 is 1.86 bits per heavy atom. The van der Waals surface area contributed by atoms with Gasteiger partial charge in [0, 0.05) is 17.1 Å². The number of nitrogens with zero attached hydrogens (tertiary/aromatic N) is 3. The number of rotatable bonds is 6. The van der Waals surface area contributed by atoms with E-state index in [1.807, 2.05) is 24.3 Å². The molecule has 0 radical (unpaired) electrons. The highest BCUT2D eigenvalue weighted by Gasteiger charge is 2.15. The number of nitrogens with one attached hydrogen (secondary N) is 1. The molecule has 0 aliphatic carbocycles. The SMILES string of the molecule is O=C(CSc1ncnc2c(-c3ccc(Cl)cc3)nsc12)NCc1ccc(F)cc1. The van der Waals surface area contributed by atoms with Crippen molar-refractivity contribution in [1.29, 1.82) is 0 Å². The second-order valence-corrected chi connectivity index (χ2v) is 8.26. The van der Waals surface area contributed by atoms with E-state index in [0.717, 1.165) is 27.0 Å². The molecule has 1 N–H and O–H groups in total. The van der Waals surface area contributed by atoms with Crippen molar-refractivity contribution in [3.63, 3.8) is 0 Å². The summed E-state index contributed by atoms with van der Waals surface area (Å²) in [6.45, 7) is 0.347. The molecule has 0 spiro atoms. The van der Waals surface area contributed by atoms with Crippen molar-refractivity contribution in [1.82, 2.24) is 19.7 Å². The first-order valence-corrected chi connectivity index (χ1v) is 10.7. The molecule has 4 rings (SSSR count). The Bertz CT molecular complexity index is 1150. The number of halogens is 2. The smallest absolute Gasteiger partial charge is 0.230 e. The van der Waals surface area contributed by atoms with Crippen molar-refractivity contribution in [3.8, 4) is 11.3 Å². The van der Waals surface area contributed by atoms with Gasteiger partial charge in [0.05, 0.1) is 5.75 Å². The maximum Gasteiger partial charge on any atom is 0.230 e. The van der Waals surface area contributed by atoms with Crippen molar-refractivity contribution in [2.75, 3.05) is 5.75 Å². The Hall–Kier alpha value is -2.55. The quantitative estimate of drug-likeness (QED) is 0.336. The van der Waals surface area contributed by atoms with Crippen molar-refractivity contribution >= 4 is 51.0 Å². The van der Waals surface area contributed by atoms with Gasteiger partial charge in [-0.3, -0.25) is 4.79 Å². The van der Waals surface area contributed by atoms with Crippen LogP contribution in [0.15, 0.2) is 59.9 Å². The number of carbonyl (C=O) groups excluding carboxylic acids is 1. The summed E-state index contributed by atoms with van der Waals surface area (Å²) in [4.78, 5) is 20.9. The molecule has 9 heteroatoms. The highest BCUT2D eigenvalue weighted by atomic mass is 35.5. The van der Waals surface area contributed by atoms with E-state index in [1.165, 1.54) is 41.8 Å². The second-order valence-electron chi connectivity index (χ2n) is 6.09. The average Bonchev–Trinajstić information content (AvgIpc) is 3.17. The van der Waals surface area contributed by atoms with Crippen LogP contribution in [0, 0.1) is 5.82 Å². The van der Waals surface area contributed by atoms with Crippen molar-refractivity contribution in [2.24, 2.45) is 0 Å². The molecule has 1 amide bonds. The molecule has 0 atom stereocenters. The van der Waals surface area contributed by atoms with Gasteiger partial charge >= 0.3 is 0 Å². The van der Waals surface area contributed by atoms with Crippen LogP contribution in [0.1, 0.15) is 5.56 Å². The molecule has 0 saturated carbocycles. The fourth-order valence-corrected chi connectivity index (χ4v) is 4.51. The van der Waals surface area contributed by atoms with Crippen LogP contribution in [-0.2, 0) is 11.3 Å². The van der Waals surface area contributed by atoms with Crippen LogP contribution in [0.4, 0.5) is 4.39 Å². The van der Waals surface area contributed by atoms with E-state index >= 15 is 0 Å². The molecular weight excluding hydrogens is 431 g/mol. The Morgan fingerprint density at radius 3 is 2.62 bits per heavy atom. The van der Waals surface area contributed by atoms with Gasteiger partial charge in [0.25, 0.3) is 0 Å². The molecule has 4 aromatic rings. The first-order chi connectivity index (χ1) is 14.1. The number of hydrogen-bond donors (Lipinski definition) is 1. The third-order valence-electron chi connectivity index (χ3n) is 4.08. The van der Waals surface area contributed by atoms with Gasteiger partial charge < -0.3 is 5.32 Å². The second kappa shape index (κ2) is 8.86. The minimum Gasteiger partial charge on any atom is -0.351 e. The number of fused-ring (bicyclic) bond motifs is 1. The summed E-state index contributed by atoms with van der Waals surface area (Å²) in [5.41, 5.74) is 3.28. The minimum atomic E-state index is -0.300. The lowest BCUT2D eigenvalue weighted by molar-refractivity contribution is -0.118. The molecule has 2 aromatic carbocycles. The summed E-state index contributed by atoms with van der Waals surface area (Å²) in [5, 5.41) is 4.19. The Kier molecular flexibility index (Phi) is 6.03. The molecule has 0 saturated heterocycles. The summed E-state index contributed by atoms with van der Waals surface area (Å²) in [6.07, 6.45) is 1.48.